The zero-order valence-electron chi connectivity index (χ0n) is 15.6. The van der Waals surface area contributed by atoms with E-state index in [0.717, 1.165) is 26.3 Å². The summed E-state index contributed by atoms with van der Waals surface area (Å²) in [5.74, 6) is 0.415. The predicted molar refractivity (Wildman–Crippen MR) is 109 cm³/mol. The molecular formula is C20H27NOS2. The summed E-state index contributed by atoms with van der Waals surface area (Å²) < 4.78 is 0.795. The SMILES string of the molecule is Cc1sc(=S)[nH]c1/C=C/c1cc(C(C)(C)C)c(O)c(C(C)(C)C)c1. The van der Waals surface area contributed by atoms with Crippen LogP contribution in [0.25, 0.3) is 12.2 Å². The van der Waals surface area contributed by atoms with Gasteiger partial charge in [0, 0.05) is 16.0 Å². The van der Waals surface area contributed by atoms with Crippen molar-refractivity contribution in [3.05, 3.63) is 43.3 Å². The van der Waals surface area contributed by atoms with E-state index in [9.17, 15) is 5.11 Å². The fourth-order valence-electron chi connectivity index (χ4n) is 2.65. The molecule has 2 nitrogen and oxygen atoms in total. The van der Waals surface area contributed by atoms with E-state index in [0.29, 0.717) is 5.75 Å². The van der Waals surface area contributed by atoms with Crippen LogP contribution >= 0.6 is 23.6 Å². The minimum atomic E-state index is -0.119. The number of phenolic OH excluding ortho intramolecular Hbond substituents is 1. The van der Waals surface area contributed by atoms with Crippen LogP contribution in [0.5, 0.6) is 5.75 Å². The van der Waals surface area contributed by atoms with Gasteiger partial charge in [-0.3, -0.25) is 0 Å². The van der Waals surface area contributed by atoms with Crippen molar-refractivity contribution >= 4 is 35.7 Å². The van der Waals surface area contributed by atoms with Crippen molar-refractivity contribution in [2.75, 3.05) is 0 Å². The van der Waals surface area contributed by atoms with Gasteiger partial charge in [-0.2, -0.15) is 0 Å². The number of aromatic amines is 1. The lowest BCUT2D eigenvalue weighted by atomic mass is 9.78. The van der Waals surface area contributed by atoms with Gasteiger partial charge in [-0.25, -0.2) is 0 Å². The maximum absolute atomic E-state index is 10.8. The molecule has 0 bridgehead atoms. The van der Waals surface area contributed by atoms with Gasteiger partial charge >= 0.3 is 0 Å². The molecule has 0 saturated carbocycles. The van der Waals surface area contributed by atoms with Crippen molar-refractivity contribution in [1.29, 1.82) is 0 Å². The van der Waals surface area contributed by atoms with Gasteiger partial charge in [-0.1, -0.05) is 47.6 Å². The van der Waals surface area contributed by atoms with Crippen LogP contribution in [0.4, 0.5) is 0 Å². The lowest BCUT2D eigenvalue weighted by Gasteiger charge is -2.27. The van der Waals surface area contributed by atoms with Gasteiger partial charge in [0.15, 0.2) is 3.95 Å². The average molecular weight is 362 g/mol. The topological polar surface area (TPSA) is 36.0 Å². The molecule has 0 saturated heterocycles. The van der Waals surface area contributed by atoms with Crippen molar-refractivity contribution < 1.29 is 5.11 Å². The first kappa shape index (κ1) is 18.9. The first-order valence-electron chi connectivity index (χ1n) is 8.15. The van der Waals surface area contributed by atoms with Gasteiger partial charge in [0.1, 0.15) is 5.75 Å². The van der Waals surface area contributed by atoms with Gasteiger partial charge < -0.3 is 10.1 Å². The molecule has 0 spiro atoms. The number of thiazole rings is 1. The lowest BCUT2D eigenvalue weighted by molar-refractivity contribution is 0.423. The number of aryl methyl sites for hydroxylation is 1. The molecule has 1 aromatic carbocycles. The highest BCUT2D eigenvalue weighted by molar-refractivity contribution is 7.73. The fourth-order valence-corrected chi connectivity index (χ4v) is 3.81. The summed E-state index contributed by atoms with van der Waals surface area (Å²) in [6, 6.07) is 4.16. The summed E-state index contributed by atoms with van der Waals surface area (Å²) in [5.41, 5.74) is 3.85. The molecule has 2 N–H and O–H groups in total. The highest BCUT2D eigenvalue weighted by Crippen LogP contribution is 2.40. The minimum Gasteiger partial charge on any atom is -0.507 e. The van der Waals surface area contributed by atoms with E-state index in [1.54, 1.807) is 11.3 Å². The fraction of sp³-hybridized carbons (Fsp3) is 0.450. The third kappa shape index (κ3) is 4.17. The zero-order chi connectivity index (χ0) is 18.3. The summed E-state index contributed by atoms with van der Waals surface area (Å²) in [4.78, 5) is 4.40. The second kappa shape index (κ2) is 6.49. The Morgan fingerprint density at radius 2 is 1.50 bits per heavy atom. The number of hydrogen-bond donors (Lipinski definition) is 2. The number of phenols is 1. The summed E-state index contributed by atoms with van der Waals surface area (Å²) >= 11 is 6.79. The van der Waals surface area contributed by atoms with Crippen molar-refractivity contribution in [2.24, 2.45) is 0 Å². The molecule has 1 aromatic heterocycles. The van der Waals surface area contributed by atoms with Crippen LogP contribution < -0.4 is 0 Å². The van der Waals surface area contributed by atoms with E-state index in [2.05, 4.69) is 77.7 Å². The number of hydrogen-bond acceptors (Lipinski definition) is 3. The molecule has 0 unspecified atom stereocenters. The van der Waals surface area contributed by atoms with Gasteiger partial charge in [0.2, 0.25) is 0 Å². The Morgan fingerprint density at radius 3 is 1.88 bits per heavy atom. The first-order chi connectivity index (χ1) is 10.9. The van der Waals surface area contributed by atoms with E-state index in [1.807, 2.05) is 0 Å². The maximum atomic E-state index is 10.8. The Bertz CT molecular complexity index is 792. The van der Waals surface area contributed by atoms with Crippen LogP contribution in [-0.4, -0.2) is 10.1 Å². The van der Waals surface area contributed by atoms with Crippen LogP contribution in [0.2, 0.25) is 0 Å². The average Bonchev–Trinajstić information content (AvgIpc) is 2.73. The molecule has 0 amide bonds. The second-order valence-electron chi connectivity index (χ2n) is 8.28. The van der Waals surface area contributed by atoms with E-state index in [4.69, 9.17) is 12.2 Å². The molecule has 0 aliphatic carbocycles. The molecule has 0 atom stereocenters. The largest absolute Gasteiger partial charge is 0.507 e. The summed E-state index contributed by atoms with van der Waals surface area (Å²) in [6.07, 6.45) is 4.15. The molecule has 0 fully saturated rings. The Morgan fingerprint density at radius 1 is 1.00 bits per heavy atom. The normalized spacial score (nSPS) is 13.0. The Balaban J connectivity index is 2.58. The van der Waals surface area contributed by atoms with Gasteiger partial charge in [0.25, 0.3) is 0 Å². The van der Waals surface area contributed by atoms with E-state index >= 15 is 0 Å². The number of benzene rings is 1. The molecule has 4 heteroatoms. The third-order valence-electron chi connectivity index (χ3n) is 4.05. The van der Waals surface area contributed by atoms with Crippen molar-refractivity contribution in [1.82, 2.24) is 4.98 Å². The quantitative estimate of drug-likeness (QED) is 0.592. The third-order valence-corrected chi connectivity index (χ3v) is 5.22. The monoisotopic (exact) mass is 361 g/mol. The van der Waals surface area contributed by atoms with E-state index in [-0.39, 0.29) is 10.8 Å². The van der Waals surface area contributed by atoms with Gasteiger partial charge in [-0.05, 0) is 53.7 Å². The van der Waals surface area contributed by atoms with Crippen LogP contribution in [0, 0.1) is 10.9 Å². The molecule has 24 heavy (non-hydrogen) atoms. The van der Waals surface area contributed by atoms with Crippen molar-refractivity contribution in [3.8, 4) is 5.75 Å². The first-order valence-corrected chi connectivity index (χ1v) is 9.38. The van der Waals surface area contributed by atoms with Gasteiger partial charge in [0.05, 0.1) is 5.69 Å². The van der Waals surface area contributed by atoms with Crippen LogP contribution in [0.1, 0.15) is 68.8 Å². The molecule has 130 valence electrons. The predicted octanol–water partition coefficient (Wildman–Crippen LogP) is 6.59. The van der Waals surface area contributed by atoms with Crippen LogP contribution in [0.3, 0.4) is 0 Å². The lowest BCUT2D eigenvalue weighted by Crippen LogP contribution is -2.17. The van der Waals surface area contributed by atoms with Crippen molar-refractivity contribution in [3.63, 3.8) is 0 Å². The standard InChI is InChI=1S/C20H27NOS2/c1-12-16(21-18(23)24-12)9-8-13-10-14(19(2,3)4)17(22)15(11-13)20(5,6)7/h8-11,22H,1-7H3,(H,21,23)/b9-8+. The zero-order valence-corrected chi connectivity index (χ0v) is 17.2. The second-order valence-corrected chi connectivity index (χ2v) is 10.2. The highest BCUT2D eigenvalue weighted by atomic mass is 32.1. The molecule has 1 heterocycles. The molecule has 0 radical (unpaired) electrons. The molecule has 2 aromatic rings. The molecule has 0 aliphatic heterocycles. The maximum Gasteiger partial charge on any atom is 0.159 e. The smallest absolute Gasteiger partial charge is 0.159 e. The molecular weight excluding hydrogens is 334 g/mol. The Hall–Kier alpha value is -1.39. The Kier molecular flexibility index (Phi) is 5.12. The number of rotatable bonds is 2. The van der Waals surface area contributed by atoms with E-state index < -0.39 is 0 Å². The van der Waals surface area contributed by atoms with E-state index in [1.165, 1.54) is 4.88 Å². The number of H-pyrrole nitrogens is 1. The van der Waals surface area contributed by atoms with Crippen LogP contribution in [0.15, 0.2) is 12.1 Å². The summed E-state index contributed by atoms with van der Waals surface area (Å²) in [6.45, 7) is 14.8. The summed E-state index contributed by atoms with van der Waals surface area (Å²) in [7, 11) is 0. The number of nitrogens with one attached hydrogen (secondary N) is 1. The summed E-state index contributed by atoms with van der Waals surface area (Å²) in [5, 5.41) is 10.8. The van der Waals surface area contributed by atoms with Crippen LogP contribution in [-0.2, 0) is 10.8 Å². The Labute approximate surface area is 154 Å². The minimum absolute atomic E-state index is 0.119. The highest BCUT2D eigenvalue weighted by Gasteiger charge is 2.26. The molecule has 0 aliphatic rings. The van der Waals surface area contributed by atoms with Gasteiger partial charge in [-0.15, -0.1) is 11.3 Å². The molecule has 2 rings (SSSR count). The number of aromatic hydroxyl groups is 1. The number of aromatic nitrogens is 1. The van der Waals surface area contributed by atoms with Crippen molar-refractivity contribution in [2.45, 2.75) is 59.3 Å².